The van der Waals surface area contributed by atoms with Crippen molar-refractivity contribution in [3.8, 4) is 6.07 Å². The molecule has 0 aliphatic carbocycles. The first-order valence-corrected chi connectivity index (χ1v) is 7.27. The highest BCUT2D eigenvalue weighted by Crippen LogP contribution is 2.28. The van der Waals surface area contributed by atoms with Crippen LogP contribution < -0.4 is 0 Å². The van der Waals surface area contributed by atoms with Gasteiger partial charge in [-0.05, 0) is 33.6 Å². The first-order valence-electron chi connectivity index (χ1n) is 3.63. The third kappa shape index (κ3) is 2.85. The number of halogens is 3. The van der Waals surface area contributed by atoms with Gasteiger partial charge in [0.15, 0.2) is 0 Å². The molecule has 0 amide bonds. The van der Waals surface area contributed by atoms with Gasteiger partial charge >= 0.3 is 0 Å². The molecule has 0 N–H and O–H groups in total. The Morgan fingerprint density at radius 3 is 2.47 bits per heavy atom. The van der Waals surface area contributed by atoms with Crippen molar-refractivity contribution in [1.29, 1.82) is 5.26 Å². The molecule has 1 aromatic carbocycles. The fourth-order valence-electron chi connectivity index (χ4n) is 1.01. The second-order valence-corrected chi connectivity index (χ2v) is 6.28. The zero-order valence-corrected chi connectivity index (χ0v) is 11.1. The maximum absolute atomic E-state index is 11.2. The summed E-state index contributed by atoms with van der Waals surface area (Å²) in [6.45, 7) is 0. The number of hydrogen-bond acceptors (Lipinski definition) is 3. The van der Waals surface area contributed by atoms with E-state index in [2.05, 4.69) is 15.9 Å². The molecule has 7 heteroatoms. The maximum Gasteiger partial charge on any atom is 0.261 e. The lowest BCUT2D eigenvalue weighted by Gasteiger charge is -2.05. The maximum atomic E-state index is 11.2. The summed E-state index contributed by atoms with van der Waals surface area (Å²) in [4.78, 5) is -0.126. The number of hydrogen-bond donors (Lipinski definition) is 0. The van der Waals surface area contributed by atoms with Crippen LogP contribution in [0.4, 0.5) is 0 Å². The van der Waals surface area contributed by atoms with Gasteiger partial charge in [0.05, 0.1) is 10.5 Å². The van der Waals surface area contributed by atoms with Gasteiger partial charge in [-0.25, -0.2) is 8.42 Å². The van der Waals surface area contributed by atoms with E-state index in [0.717, 1.165) is 0 Å². The Bertz CT molecular complexity index is 536. The Kier molecular flexibility index (Phi) is 4.01. The highest BCUT2D eigenvalue weighted by Gasteiger charge is 2.17. The van der Waals surface area contributed by atoms with Gasteiger partial charge in [-0.2, -0.15) is 5.26 Å². The van der Waals surface area contributed by atoms with Gasteiger partial charge in [0, 0.05) is 21.0 Å². The van der Waals surface area contributed by atoms with Crippen molar-refractivity contribution < 1.29 is 8.42 Å². The predicted octanol–water partition coefficient (Wildman–Crippen LogP) is 2.99. The summed E-state index contributed by atoms with van der Waals surface area (Å²) in [5.41, 5.74) is 0.556. The van der Waals surface area contributed by atoms with E-state index in [1.165, 1.54) is 12.1 Å². The lowest BCUT2D eigenvalue weighted by atomic mass is 10.2. The molecule has 80 valence electrons. The molecule has 0 aliphatic rings. The molecular formula is C8H4BrCl2NO2S. The molecular weight excluding hydrogens is 325 g/mol. The van der Waals surface area contributed by atoms with E-state index in [0.29, 0.717) is 10.0 Å². The molecule has 3 nitrogen and oxygen atoms in total. The van der Waals surface area contributed by atoms with Gasteiger partial charge in [-0.1, -0.05) is 0 Å². The lowest BCUT2D eigenvalue weighted by molar-refractivity contribution is 0.609. The van der Waals surface area contributed by atoms with Crippen LogP contribution in [0.1, 0.15) is 11.1 Å². The summed E-state index contributed by atoms with van der Waals surface area (Å²) in [7, 11) is 1.33. The van der Waals surface area contributed by atoms with Crippen LogP contribution in [0.15, 0.2) is 21.5 Å². The van der Waals surface area contributed by atoms with Crippen molar-refractivity contribution in [2.45, 2.75) is 10.8 Å². The summed E-state index contributed by atoms with van der Waals surface area (Å²) in [5.74, 6) is 0.00555. The molecule has 1 aromatic rings. The Hall–Kier alpha value is -0.280. The van der Waals surface area contributed by atoms with Crippen molar-refractivity contribution in [1.82, 2.24) is 0 Å². The van der Waals surface area contributed by atoms with E-state index in [1.807, 2.05) is 6.07 Å². The molecule has 0 radical (unpaired) electrons. The SMILES string of the molecule is N#Cc1cc(S(=O)(=O)Cl)c(CCl)cc1Br. The molecule has 0 aromatic heterocycles. The smallest absolute Gasteiger partial charge is 0.207 e. The minimum absolute atomic E-state index is 0.00555. The van der Waals surface area contributed by atoms with Crippen molar-refractivity contribution in [2.24, 2.45) is 0 Å². The molecule has 0 fully saturated rings. The van der Waals surface area contributed by atoms with Crippen LogP contribution in [-0.4, -0.2) is 8.42 Å². The second kappa shape index (κ2) is 4.71. The van der Waals surface area contributed by atoms with Crippen molar-refractivity contribution >= 4 is 47.3 Å². The van der Waals surface area contributed by atoms with E-state index >= 15 is 0 Å². The zero-order chi connectivity index (χ0) is 11.6. The van der Waals surface area contributed by atoms with Crippen LogP contribution in [0, 0.1) is 11.3 Å². The van der Waals surface area contributed by atoms with Gasteiger partial charge < -0.3 is 0 Å². The van der Waals surface area contributed by atoms with Crippen LogP contribution in [-0.2, 0) is 14.9 Å². The number of nitriles is 1. The predicted molar refractivity (Wildman–Crippen MR) is 61.5 cm³/mol. The fourth-order valence-corrected chi connectivity index (χ4v) is 2.93. The molecule has 0 aliphatic heterocycles. The first kappa shape index (κ1) is 12.8. The number of rotatable bonds is 2. The molecule has 0 spiro atoms. The zero-order valence-electron chi connectivity index (χ0n) is 7.17. The van der Waals surface area contributed by atoms with E-state index in [-0.39, 0.29) is 16.3 Å². The molecule has 0 unspecified atom stereocenters. The van der Waals surface area contributed by atoms with Crippen LogP contribution in [0.2, 0.25) is 0 Å². The normalized spacial score (nSPS) is 11.1. The van der Waals surface area contributed by atoms with Crippen LogP contribution in [0.25, 0.3) is 0 Å². The standard InChI is InChI=1S/C8H4BrCl2NO2S/c9-7-1-5(3-10)8(15(11,13)14)2-6(7)4-12/h1-2H,3H2. The fraction of sp³-hybridized carbons (Fsp3) is 0.125. The number of nitrogens with zero attached hydrogens (tertiary/aromatic N) is 1. The number of benzene rings is 1. The minimum atomic E-state index is -3.88. The highest BCUT2D eigenvalue weighted by atomic mass is 79.9. The molecule has 0 heterocycles. The lowest BCUT2D eigenvalue weighted by Crippen LogP contribution is -1.98. The third-order valence-corrected chi connectivity index (χ3v) is 4.03. The summed E-state index contributed by atoms with van der Waals surface area (Å²) < 4.78 is 22.8. The Morgan fingerprint density at radius 2 is 2.07 bits per heavy atom. The van der Waals surface area contributed by atoms with Crippen molar-refractivity contribution in [2.75, 3.05) is 0 Å². The summed E-state index contributed by atoms with van der Waals surface area (Å²) in [5, 5.41) is 8.72. The Morgan fingerprint density at radius 1 is 1.47 bits per heavy atom. The van der Waals surface area contributed by atoms with Crippen LogP contribution in [0.5, 0.6) is 0 Å². The van der Waals surface area contributed by atoms with Crippen LogP contribution in [0.3, 0.4) is 0 Å². The molecule has 0 atom stereocenters. The Labute approximate surface area is 105 Å². The Balaban J connectivity index is 3.59. The van der Waals surface area contributed by atoms with Gasteiger partial charge in [-0.3, -0.25) is 0 Å². The van der Waals surface area contributed by atoms with Gasteiger partial charge in [0.1, 0.15) is 6.07 Å². The largest absolute Gasteiger partial charge is 0.261 e. The van der Waals surface area contributed by atoms with Gasteiger partial charge in [-0.15, -0.1) is 11.6 Å². The molecule has 0 saturated carbocycles. The van der Waals surface area contributed by atoms with Gasteiger partial charge in [0.2, 0.25) is 0 Å². The minimum Gasteiger partial charge on any atom is -0.207 e. The van der Waals surface area contributed by atoms with Crippen LogP contribution >= 0.6 is 38.2 Å². The second-order valence-electron chi connectivity index (χ2n) is 2.62. The van der Waals surface area contributed by atoms with E-state index < -0.39 is 9.05 Å². The van der Waals surface area contributed by atoms with Crippen molar-refractivity contribution in [3.05, 3.63) is 27.7 Å². The van der Waals surface area contributed by atoms with Crippen molar-refractivity contribution in [3.63, 3.8) is 0 Å². The average molecular weight is 329 g/mol. The average Bonchev–Trinajstić information content (AvgIpc) is 2.15. The third-order valence-electron chi connectivity index (χ3n) is 1.68. The first-order chi connectivity index (χ1) is 6.90. The molecule has 1 rings (SSSR count). The quantitative estimate of drug-likeness (QED) is 0.619. The molecule has 0 saturated heterocycles. The highest BCUT2D eigenvalue weighted by molar-refractivity contribution is 9.10. The van der Waals surface area contributed by atoms with E-state index in [9.17, 15) is 8.42 Å². The summed E-state index contributed by atoms with van der Waals surface area (Å²) in [6.07, 6.45) is 0. The van der Waals surface area contributed by atoms with E-state index in [4.69, 9.17) is 27.5 Å². The molecule has 0 bridgehead atoms. The van der Waals surface area contributed by atoms with Gasteiger partial charge in [0.25, 0.3) is 9.05 Å². The monoisotopic (exact) mass is 327 g/mol. The number of alkyl halides is 1. The summed E-state index contributed by atoms with van der Waals surface area (Å²) in [6, 6.07) is 4.52. The molecule has 15 heavy (non-hydrogen) atoms. The topological polar surface area (TPSA) is 57.9 Å². The summed E-state index contributed by atoms with van der Waals surface area (Å²) >= 11 is 8.71. The van der Waals surface area contributed by atoms with E-state index in [1.54, 1.807) is 0 Å².